The van der Waals surface area contributed by atoms with E-state index < -0.39 is 51.8 Å². The number of carbonyl (C=O) groups excluding carboxylic acids is 2. The van der Waals surface area contributed by atoms with Crippen LogP contribution in [0.3, 0.4) is 0 Å². The van der Waals surface area contributed by atoms with E-state index in [2.05, 4.69) is 60.9 Å². The maximum atomic E-state index is 12.6. The zero-order valence-corrected chi connectivity index (χ0v) is 35.7. The lowest BCUT2D eigenvalue weighted by atomic mass is 10.1. The molecular formula is C44H77O11P. The van der Waals surface area contributed by atoms with Gasteiger partial charge < -0.3 is 29.3 Å². The van der Waals surface area contributed by atoms with Crippen molar-refractivity contribution >= 4 is 19.8 Å². The summed E-state index contributed by atoms with van der Waals surface area (Å²) in [6, 6.07) is 0. The first-order chi connectivity index (χ1) is 27.2. The van der Waals surface area contributed by atoms with Crippen molar-refractivity contribution in [3.63, 3.8) is 0 Å². The minimum Gasteiger partial charge on any atom is -0.462 e. The van der Waals surface area contributed by atoms with Crippen molar-refractivity contribution in [3.8, 4) is 0 Å². The van der Waals surface area contributed by atoms with E-state index in [4.69, 9.17) is 23.8 Å². The van der Waals surface area contributed by atoms with Crippen LogP contribution in [0.4, 0.5) is 0 Å². The summed E-state index contributed by atoms with van der Waals surface area (Å²) >= 11 is 0. The number of ether oxygens (including phenoxy) is 3. The second-order valence-electron chi connectivity index (χ2n) is 14.7. The van der Waals surface area contributed by atoms with Crippen LogP contribution in [0, 0.1) is 0 Å². The lowest BCUT2D eigenvalue weighted by Gasteiger charge is -2.20. The van der Waals surface area contributed by atoms with Crippen molar-refractivity contribution in [2.24, 2.45) is 0 Å². The number of hydrogen-bond acceptors (Lipinski definition) is 10. The summed E-state index contributed by atoms with van der Waals surface area (Å²) in [4.78, 5) is 35.0. The second-order valence-corrected chi connectivity index (χ2v) is 16.2. The van der Waals surface area contributed by atoms with Gasteiger partial charge in [-0.05, 0) is 77.0 Å². The number of esters is 2. The van der Waals surface area contributed by atoms with Gasteiger partial charge in [0.15, 0.2) is 6.10 Å². The molecule has 56 heavy (non-hydrogen) atoms. The standard InChI is InChI=1S/C44H77O11P/c1-3-5-7-9-11-13-14-15-16-17-18-20-22-24-29-33-43(47)51-37-40(38-53-56(49,50)52-36-39(46)35-45)54-44(48)34-30-26-25-28-32-42-41(55-42)31-27-23-21-19-12-10-8-6-4-2/h12,15-16,19,23,25,27-28,39-42,45-46H,3-11,13-14,17-18,20-22,24,26,29-38H2,1-2H3,(H,49,50)/b16-15-,19-12-,27-23-,28-25-. The van der Waals surface area contributed by atoms with Gasteiger partial charge in [-0.1, -0.05) is 127 Å². The molecule has 0 aromatic heterocycles. The van der Waals surface area contributed by atoms with Crippen molar-refractivity contribution < 1.29 is 52.5 Å². The molecule has 0 saturated carbocycles. The van der Waals surface area contributed by atoms with Gasteiger partial charge in [0.25, 0.3) is 0 Å². The van der Waals surface area contributed by atoms with Crippen molar-refractivity contribution in [2.45, 2.75) is 192 Å². The average Bonchev–Trinajstić information content (AvgIpc) is 3.94. The zero-order valence-electron chi connectivity index (χ0n) is 34.8. The van der Waals surface area contributed by atoms with Crippen LogP contribution in [-0.2, 0) is 37.4 Å². The van der Waals surface area contributed by atoms with Crippen molar-refractivity contribution in [2.75, 3.05) is 26.4 Å². The molecule has 0 amide bonds. The maximum Gasteiger partial charge on any atom is 0.472 e. The van der Waals surface area contributed by atoms with Gasteiger partial charge in [-0.15, -0.1) is 0 Å². The number of phosphoric ester groups is 1. The monoisotopic (exact) mass is 813 g/mol. The minimum atomic E-state index is -4.64. The number of aliphatic hydroxyl groups is 2. The van der Waals surface area contributed by atoms with Crippen LogP contribution in [0.2, 0.25) is 0 Å². The highest BCUT2D eigenvalue weighted by molar-refractivity contribution is 7.47. The van der Waals surface area contributed by atoms with E-state index in [-0.39, 0.29) is 31.7 Å². The fraction of sp³-hybridized carbons (Fsp3) is 0.773. The van der Waals surface area contributed by atoms with E-state index in [0.717, 1.165) is 64.2 Å². The molecule has 0 spiro atoms. The first-order valence-electron chi connectivity index (χ1n) is 21.7. The zero-order chi connectivity index (χ0) is 41.0. The molecule has 1 fully saturated rings. The third-order valence-corrected chi connectivity index (χ3v) is 10.3. The molecule has 1 aliphatic rings. The molecule has 324 valence electrons. The quantitative estimate of drug-likeness (QED) is 0.0178. The molecule has 0 radical (unpaired) electrons. The molecule has 0 aromatic carbocycles. The molecular weight excluding hydrogens is 735 g/mol. The first kappa shape index (κ1) is 51.9. The van der Waals surface area contributed by atoms with Crippen molar-refractivity contribution in [1.29, 1.82) is 0 Å². The largest absolute Gasteiger partial charge is 0.472 e. The number of rotatable bonds is 39. The van der Waals surface area contributed by atoms with Gasteiger partial charge in [0.1, 0.15) is 12.7 Å². The van der Waals surface area contributed by atoms with Crippen LogP contribution < -0.4 is 0 Å². The Morgan fingerprint density at radius 3 is 1.77 bits per heavy atom. The number of unbranched alkanes of at least 4 members (excludes halogenated alkanes) is 15. The Bertz CT molecular complexity index is 1140. The van der Waals surface area contributed by atoms with Crippen LogP contribution >= 0.6 is 7.82 Å². The fourth-order valence-corrected chi connectivity index (χ4v) is 6.63. The number of epoxide rings is 1. The molecule has 1 aliphatic heterocycles. The Morgan fingerprint density at radius 1 is 0.625 bits per heavy atom. The number of hydrogen-bond donors (Lipinski definition) is 3. The van der Waals surface area contributed by atoms with Gasteiger partial charge in [-0.25, -0.2) is 4.57 Å². The molecule has 0 aromatic rings. The van der Waals surface area contributed by atoms with Gasteiger partial charge in [-0.2, -0.15) is 0 Å². The molecule has 5 atom stereocenters. The van der Waals surface area contributed by atoms with Crippen LogP contribution in [-0.4, -0.2) is 77.9 Å². The topological polar surface area (TPSA) is 161 Å². The molecule has 12 heteroatoms. The maximum absolute atomic E-state index is 12.6. The number of carbonyl (C=O) groups is 2. The summed E-state index contributed by atoms with van der Waals surface area (Å²) in [7, 11) is -4.64. The molecule has 11 nitrogen and oxygen atoms in total. The highest BCUT2D eigenvalue weighted by atomic mass is 31.2. The average molecular weight is 813 g/mol. The van der Waals surface area contributed by atoms with Crippen LogP contribution in [0.25, 0.3) is 0 Å². The molecule has 0 aliphatic carbocycles. The molecule has 1 rings (SSSR count). The summed E-state index contributed by atoms with van der Waals surface area (Å²) < 4.78 is 38.4. The third-order valence-electron chi connectivity index (χ3n) is 9.36. The van der Waals surface area contributed by atoms with E-state index in [1.54, 1.807) is 0 Å². The van der Waals surface area contributed by atoms with Gasteiger partial charge in [0.05, 0.1) is 32.0 Å². The van der Waals surface area contributed by atoms with Crippen LogP contribution in [0.5, 0.6) is 0 Å². The smallest absolute Gasteiger partial charge is 0.462 e. The Morgan fingerprint density at radius 2 is 1.11 bits per heavy atom. The van der Waals surface area contributed by atoms with E-state index >= 15 is 0 Å². The normalized spacial score (nSPS) is 17.9. The Kier molecular flexibility index (Phi) is 33.4. The molecule has 1 saturated heterocycles. The SMILES string of the molecule is CCCCC/C=C\C/C=C\CC1OC1C/C=C\CCCC(=O)OC(COC(=O)CCCCCCC/C=C\CCCCCCCC)COP(=O)(O)OCC(O)CO. The molecule has 3 N–H and O–H groups in total. The predicted molar refractivity (Wildman–Crippen MR) is 223 cm³/mol. The highest BCUT2D eigenvalue weighted by Gasteiger charge is 2.36. The summed E-state index contributed by atoms with van der Waals surface area (Å²) in [6.45, 7) is 2.25. The number of aliphatic hydroxyl groups excluding tert-OH is 2. The van der Waals surface area contributed by atoms with E-state index in [1.165, 1.54) is 57.8 Å². The third kappa shape index (κ3) is 32.9. The fourth-order valence-electron chi connectivity index (χ4n) is 5.84. The Balaban J connectivity index is 2.31. The van der Waals surface area contributed by atoms with Gasteiger partial charge in [-0.3, -0.25) is 18.6 Å². The van der Waals surface area contributed by atoms with Gasteiger partial charge in [0.2, 0.25) is 0 Å². The van der Waals surface area contributed by atoms with Crippen LogP contribution in [0.15, 0.2) is 48.6 Å². The van der Waals surface area contributed by atoms with Crippen molar-refractivity contribution in [3.05, 3.63) is 48.6 Å². The van der Waals surface area contributed by atoms with E-state index in [0.29, 0.717) is 19.3 Å². The highest BCUT2D eigenvalue weighted by Crippen LogP contribution is 2.43. The predicted octanol–water partition coefficient (Wildman–Crippen LogP) is 10.3. The van der Waals surface area contributed by atoms with Gasteiger partial charge in [0, 0.05) is 12.8 Å². The summed E-state index contributed by atoms with van der Waals surface area (Å²) in [5.41, 5.74) is 0. The Labute approximate surface area is 338 Å². The number of phosphoric acid groups is 1. The van der Waals surface area contributed by atoms with Crippen molar-refractivity contribution in [1.82, 2.24) is 0 Å². The summed E-state index contributed by atoms with van der Waals surface area (Å²) in [6.07, 6.45) is 39.6. The second kappa shape index (κ2) is 36.0. The summed E-state index contributed by atoms with van der Waals surface area (Å²) in [5.74, 6) is -1.01. The summed E-state index contributed by atoms with van der Waals surface area (Å²) in [5, 5.41) is 18.3. The number of allylic oxidation sites excluding steroid dienone is 6. The molecule has 1 heterocycles. The minimum absolute atomic E-state index is 0.0973. The van der Waals surface area contributed by atoms with E-state index in [1.807, 2.05) is 6.08 Å². The van der Waals surface area contributed by atoms with Crippen LogP contribution in [0.1, 0.15) is 168 Å². The lowest BCUT2D eigenvalue weighted by molar-refractivity contribution is -0.161. The lowest BCUT2D eigenvalue weighted by Crippen LogP contribution is -2.29. The first-order valence-corrected chi connectivity index (χ1v) is 23.2. The molecule has 5 unspecified atom stereocenters. The molecule has 0 bridgehead atoms. The van der Waals surface area contributed by atoms with E-state index in [9.17, 15) is 24.2 Å². The Hall–Kier alpha value is -2.11. The van der Waals surface area contributed by atoms with Gasteiger partial charge >= 0.3 is 19.8 Å².